The summed E-state index contributed by atoms with van der Waals surface area (Å²) in [6.07, 6.45) is 13.0. The molecule has 12 nitrogen and oxygen atoms in total. The molecule has 12 heterocycles. The Hall–Kier alpha value is -14.4. The Labute approximate surface area is 872 Å². The van der Waals surface area contributed by atoms with Gasteiger partial charge in [-0.3, -0.25) is 0 Å². The third kappa shape index (κ3) is 24.9. The van der Waals surface area contributed by atoms with Crippen LogP contribution in [0.1, 0.15) is 86.3 Å². The van der Waals surface area contributed by atoms with E-state index in [0.29, 0.717) is 67.2 Å². The molecule has 2 atom stereocenters. The van der Waals surface area contributed by atoms with Crippen molar-refractivity contribution < 1.29 is 117 Å². The second-order valence-corrected chi connectivity index (χ2v) is 30.2. The van der Waals surface area contributed by atoms with Crippen LogP contribution in [0.15, 0.2) is 425 Å². The monoisotopic (exact) mass is 2500 g/mol. The van der Waals surface area contributed by atoms with E-state index in [1.807, 2.05) is 303 Å². The summed E-state index contributed by atoms with van der Waals surface area (Å²) in [5.74, 6) is -3.44. The van der Waals surface area contributed by atoms with Gasteiger partial charge in [-0.25, -0.2) is 0 Å². The number of fused-ring (bicyclic) bond motifs is 12. The van der Waals surface area contributed by atoms with Crippen molar-refractivity contribution in [2.45, 2.75) is 60.0 Å². The minimum atomic E-state index is -2.58. The summed E-state index contributed by atoms with van der Waals surface area (Å²) in [5.41, 5.74) is 20.5. The van der Waals surface area contributed by atoms with Crippen LogP contribution < -0.4 is 0 Å². The molecule has 137 heavy (non-hydrogen) atoms. The number of furan rings is 4. The number of para-hydroxylation sites is 3. The first-order valence-electron chi connectivity index (χ1n) is 49.6. The van der Waals surface area contributed by atoms with Crippen molar-refractivity contribution >= 4 is 87.8 Å². The van der Waals surface area contributed by atoms with Crippen molar-refractivity contribution in [2.75, 3.05) is 0 Å². The van der Waals surface area contributed by atoms with Crippen LogP contribution >= 0.6 is 0 Å². The minimum absolute atomic E-state index is 0. The van der Waals surface area contributed by atoms with E-state index in [0.717, 1.165) is 128 Å². The molecule has 4 radical (unpaired) electrons. The second-order valence-electron chi connectivity index (χ2n) is 30.2. The molecule has 12 aromatic carbocycles. The Balaban J connectivity index is 0.000000146. The first kappa shape index (κ1) is 82.1. The largest absolute Gasteiger partial charge is 0.501 e. The van der Waals surface area contributed by atoms with Gasteiger partial charge in [-0.05, 0) is 156 Å². The zero-order chi connectivity index (χ0) is 103. The normalized spacial score (nSPS) is 13.2. The van der Waals surface area contributed by atoms with Crippen LogP contribution in [0.5, 0.6) is 0 Å². The van der Waals surface area contributed by atoms with E-state index in [1.54, 1.807) is 67.4 Å². The minimum Gasteiger partial charge on any atom is -0.501 e. The molecule has 0 aliphatic rings. The Morgan fingerprint density at radius 2 is 0.577 bits per heavy atom. The smallest absolute Gasteiger partial charge is 0.120 e. The van der Waals surface area contributed by atoms with E-state index >= 15 is 0 Å². The maximum atomic E-state index is 8.30. The van der Waals surface area contributed by atoms with Gasteiger partial charge < -0.3 is 57.5 Å². The number of hydrogen-bond acceptors (Lipinski definition) is 12. The van der Waals surface area contributed by atoms with Crippen molar-refractivity contribution in [3.05, 3.63) is 484 Å². The number of rotatable bonds is 10. The van der Waals surface area contributed by atoms with Crippen molar-refractivity contribution in [2.24, 2.45) is 0 Å². The van der Waals surface area contributed by atoms with Crippen LogP contribution in [0, 0.1) is 69.2 Å². The molecule has 12 aromatic heterocycles. The van der Waals surface area contributed by atoms with Crippen molar-refractivity contribution in [3.8, 4) is 90.1 Å². The van der Waals surface area contributed by atoms with E-state index in [1.165, 1.54) is 37.9 Å². The third-order valence-corrected chi connectivity index (χ3v) is 21.2. The SMILES string of the molecule is Cc1ccc2oc3c(-c4ccccn4)[c-]ccc3c2c1.[2H]C([2H])([2H])C([2H])(C)c1ccc(-c2[c-]ccc3c2oc2ccccc23)nc1.[2H]C([2H])([2H])C([2H])(C)c1ccnc(-c2[c-]ccc3c2oc2ccccc23)c1.[2H]C([2H])([2H])c1cnc(-c2[c-]ccc3c2oc2ccccc23)cc1C([2H])([2H])[2H].[Ir].[Ir].[Ir].[Ir].[c-]1ccccc1-c1ccccn1.[c-]1ccccc1-c1ccccn1.[c-]1ccccc1-c1ccccn1.[c-]1ccccc1-c1ccccn1. The first-order chi connectivity index (χ1) is 70.9. The summed E-state index contributed by atoms with van der Waals surface area (Å²) in [5, 5.41) is 8.00. The predicted molar refractivity (Wildman–Crippen MR) is 540 cm³/mol. The van der Waals surface area contributed by atoms with Gasteiger partial charge in [0.25, 0.3) is 0 Å². The van der Waals surface area contributed by atoms with Gasteiger partial charge >= 0.3 is 0 Å². The molecular formula is C121H90Ir4N8O4-8. The summed E-state index contributed by atoms with van der Waals surface area (Å²) < 4.78 is 132. The van der Waals surface area contributed by atoms with E-state index in [4.69, 9.17) is 36.9 Å². The Morgan fingerprint density at radius 1 is 0.248 bits per heavy atom. The molecule has 682 valence electrons. The predicted octanol–water partition coefficient (Wildman–Crippen LogP) is 31.1. The number of benzene rings is 12. The molecule has 24 rings (SSSR count). The zero-order valence-corrected chi connectivity index (χ0v) is 83.3. The van der Waals surface area contributed by atoms with Gasteiger partial charge in [0.05, 0.1) is 22.3 Å². The average molecular weight is 2500 g/mol. The van der Waals surface area contributed by atoms with Crippen molar-refractivity contribution in [3.63, 3.8) is 0 Å². The molecule has 0 spiro atoms. The fourth-order valence-corrected chi connectivity index (χ4v) is 14.7. The zero-order valence-electron chi connectivity index (χ0n) is 87.7. The fourth-order valence-electron chi connectivity index (χ4n) is 14.7. The van der Waals surface area contributed by atoms with Crippen molar-refractivity contribution in [1.29, 1.82) is 0 Å². The van der Waals surface area contributed by atoms with Gasteiger partial charge in [0, 0.05) is 171 Å². The maximum absolute atomic E-state index is 8.30. The third-order valence-electron chi connectivity index (χ3n) is 21.2. The quantitative estimate of drug-likeness (QED) is 0.120. The van der Waals surface area contributed by atoms with E-state index in [9.17, 15) is 0 Å². The van der Waals surface area contributed by atoms with E-state index < -0.39 is 39.2 Å². The molecule has 0 saturated heterocycles. The van der Waals surface area contributed by atoms with Crippen molar-refractivity contribution in [1.82, 2.24) is 39.9 Å². The number of hydrogen-bond donors (Lipinski definition) is 0. The van der Waals surface area contributed by atoms with Crippen LogP contribution in [-0.4, -0.2) is 39.9 Å². The van der Waals surface area contributed by atoms with Gasteiger partial charge in [0.15, 0.2) is 0 Å². The second kappa shape index (κ2) is 49.2. The van der Waals surface area contributed by atoms with Gasteiger partial charge in [0.2, 0.25) is 0 Å². The Morgan fingerprint density at radius 3 is 0.934 bits per heavy atom. The molecule has 24 aromatic rings. The molecule has 0 fully saturated rings. The summed E-state index contributed by atoms with van der Waals surface area (Å²) in [7, 11) is 0. The topological polar surface area (TPSA) is 156 Å². The van der Waals surface area contributed by atoms with Crippen LogP contribution in [0.2, 0.25) is 0 Å². The standard InChI is InChI=1S/2C20H16NO.C19H14NO.C18H12NO.4C11H8N.4Ir/c1-13(2)14-10-11-21-18(12-14)17-8-5-7-16-15-6-3-4-9-19(15)22-20(16)17;1-13(2)14-10-11-18(21-12-14)17-8-5-7-16-15-6-3-4-9-19(15)22-20(16)17;1-12-10-17(20-11-13(12)2)16-8-5-7-15-14-6-3-4-9-18(14)21-19(15)16;1-12-8-9-17-15(11-12)13-5-4-6-14(18(13)20-17)16-7-2-3-10-19-16;4*1-2-6-10(7-3-1)11-8-4-5-9-12-11;;;;/h2*3-7,9-13H,1-2H3;3-7,9-11H,1-2H3;2-5,7-11H,1H3;4*1-6,8-9H;;;;/q8*-1;;;;/i2*1D3,13D;1D3,2D3;;;;;;;;;. The van der Waals surface area contributed by atoms with Gasteiger partial charge in [-0.2, -0.15) is 0 Å². The number of aryl methyl sites for hydroxylation is 3. The molecule has 0 aliphatic heterocycles. The molecule has 2 unspecified atom stereocenters. The molecule has 0 amide bonds. The fraction of sp³-hybridized carbons (Fsp3) is 0.0744. The number of pyridine rings is 8. The number of nitrogens with zero attached hydrogens (tertiary/aromatic N) is 8. The van der Waals surface area contributed by atoms with Crippen LogP contribution in [-0.2, 0) is 80.4 Å². The summed E-state index contributed by atoms with van der Waals surface area (Å²) in [6, 6.07) is 138. The summed E-state index contributed by atoms with van der Waals surface area (Å²) in [4.78, 5) is 34.2. The molecule has 0 aliphatic carbocycles. The summed E-state index contributed by atoms with van der Waals surface area (Å²) in [6.45, 7) is -5.16. The van der Waals surface area contributed by atoms with E-state index in [2.05, 4.69) is 107 Å². The molecule has 0 bridgehead atoms. The Bertz CT molecular complexity index is 8100. The van der Waals surface area contributed by atoms with Crippen LogP contribution in [0.25, 0.3) is 178 Å². The first-order valence-corrected chi connectivity index (χ1v) is 42.6. The van der Waals surface area contributed by atoms with Gasteiger partial charge in [-0.15, -0.1) is 216 Å². The molecule has 16 heteroatoms. The summed E-state index contributed by atoms with van der Waals surface area (Å²) >= 11 is 0. The van der Waals surface area contributed by atoms with Gasteiger partial charge in [-0.1, -0.05) is 234 Å². The van der Waals surface area contributed by atoms with Gasteiger partial charge in [0.1, 0.15) is 22.3 Å². The number of aromatic nitrogens is 8. The Kier molecular flexibility index (Phi) is 29.5. The molecular weight excluding hydrogens is 2400 g/mol. The van der Waals surface area contributed by atoms with E-state index in [-0.39, 0.29) is 91.5 Å². The maximum Gasteiger partial charge on any atom is 0.120 e. The van der Waals surface area contributed by atoms with Crippen LogP contribution in [0.4, 0.5) is 0 Å². The molecule has 0 saturated carbocycles. The van der Waals surface area contributed by atoms with Crippen LogP contribution in [0.3, 0.4) is 0 Å². The average Bonchev–Trinajstić information content (AvgIpc) is 1.63. The molecule has 0 N–H and O–H groups in total.